The maximum atomic E-state index is 12.1. The summed E-state index contributed by atoms with van der Waals surface area (Å²) < 4.78 is 2.00. The molecule has 2 heterocycles. The number of aromatic nitrogens is 2. The van der Waals surface area contributed by atoms with Crippen LogP contribution < -0.4 is 0 Å². The number of hydrogen-bond donors (Lipinski definition) is 1. The number of amides is 2. The highest BCUT2D eigenvalue weighted by atomic mass is 16.4. The maximum Gasteiger partial charge on any atom is 0.323 e. The van der Waals surface area contributed by atoms with Crippen molar-refractivity contribution in [1.82, 2.24) is 19.4 Å². The molecule has 0 spiro atoms. The lowest BCUT2D eigenvalue weighted by Gasteiger charge is -2.32. The Kier molecular flexibility index (Phi) is 3.50. The molecule has 7 heteroatoms. The molecule has 0 aliphatic carbocycles. The molecular formula is C11H16N4O3. The second-order valence-electron chi connectivity index (χ2n) is 4.15. The first-order chi connectivity index (χ1) is 8.61. The number of carbonyl (C=O) groups excluding carboxylic acids is 1. The summed E-state index contributed by atoms with van der Waals surface area (Å²) in [5.41, 5.74) is 0. The summed E-state index contributed by atoms with van der Waals surface area (Å²) in [7, 11) is 0. The molecule has 0 atom stereocenters. The average molecular weight is 252 g/mol. The van der Waals surface area contributed by atoms with Crippen LogP contribution in [0.15, 0.2) is 12.4 Å². The van der Waals surface area contributed by atoms with Crippen LogP contribution in [0.1, 0.15) is 12.7 Å². The summed E-state index contributed by atoms with van der Waals surface area (Å²) in [6.07, 6.45) is 3.59. The summed E-state index contributed by atoms with van der Waals surface area (Å²) in [6.45, 7) is 3.61. The van der Waals surface area contributed by atoms with E-state index in [1.54, 1.807) is 18.0 Å². The molecule has 2 rings (SSSR count). The normalized spacial score (nSPS) is 14.2. The zero-order valence-corrected chi connectivity index (χ0v) is 10.2. The van der Waals surface area contributed by atoms with Crippen molar-refractivity contribution >= 4 is 12.0 Å². The number of nitrogens with zero attached hydrogens (tertiary/aromatic N) is 4. The van der Waals surface area contributed by atoms with E-state index in [1.165, 1.54) is 4.90 Å². The van der Waals surface area contributed by atoms with Gasteiger partial charge < -0.3 is 19.5 Å². The molecule has 0 aromatic carbocycles. The summed E-state index contributed by atoms with van der Waals surface area (Å²) in [5, 5.41) is 8.76. The van der Waals surface area contributed by atoms with Gasteiger partial charge in [0.15, 0.2) is 0 Å². The molecule has 7 nitrogen and oxygen atoms in total. The van der Waals surface area contributed by atoms with Gasteiger partial charge in [0.05, 0.1) is 6.54 Å². The smallest absolute Gasteiger partial charge is 0.323 e. The predicted molar refractivity (Wildman–Crippen MR) is 62.9 cm³/mol. The number of hydrogen-bond acceptors (Lipinski definition) is 3. The Morgan fingerprint density at radius 2 is 2.28 bits per heavy atom. The lowest BCUT2D eigenvalue weighted by Crippen LogP contribution is -2.47. The van der Waals surface area contributed by atoms with E-state index < -0.39 is 5.97 Å². The second kappa shape index (κ2) is 5.07. The standard InChI is InChI=1S/C11H16N4O3/c1-2-13(8-10(16)17)11(18)15-6-5-14-4-3-12-9(14)7-15/h3-4H,2,5-8H2,1H3,(H,16,17). The predicted octanol–water partition coefficient (Wildman–Crippen LogP) is 0.225. The number of likely N-dealkylation sites (N-methyl/N-ethyl adjacent to an activating group) is 1. The van der Waals surface area contributed by atoms with Gasteiger partial charge in [-0.15, -0.1) is 0 Å². The fourth-order valence-electron chi connectivity index (χ4n) is 2.01. The second-order valence-corrected chi connectivity index (χ2v) is 4.15. The molecule has 18 heavy (non-hydrogen) atoms. The lowest BCUT2D eigenvalue weighted by molar-refractivity contribution is -0.137. The third-order valence-corrected chi connectivity index (χ3v) is 2.99. The summed E-state index contributed by atoms with van der Waals surface area (Å²) >= 11 is 0. The fraction of sp³-hybridized carbons (Fsp3) is 0.545. The number of carbonyl (C=O) groups is 2. The first-order valence-electron chi connectivity index (χ1n) is 5.87. The van der Waals surface area contributed by atoms with Crippen LogP contribution in [0.2, 0.25) is 0 Å². The number of imidazole rings is 1. The molecule has 0 bridgehead atoms. The zero-order valence-electron chi connectivity index (χ0n) is 10.2. The Balaban J connectivity index is 2.04. The minimum Gasteiger partial charge on any atom is -0.480 e. The van der Waals surface area contributed by atoms with E-state index in [0.717, 1.165) is 5.82 Å². The van der Waals surface area contributed by atoms with Gasteiger partial charge in [0.2, 0.25) is 0 Å². The monoisotopic (exact) mass is 252 g/mol. The van der Waals surface area contributed by atoms with Crippen LogP contribution in [0.25, 0.3) is 0 Å². The third-order valence-electron chi connectivity index (χ3n) is 2.99. The highest BCUT2D eigenvalue weighted by Gasteiger charge is 2.25. The summed E-state index contributed by atoms with van der Waals surface area (Å²) in [4.78, 5) is 30.0. The molecule has 1 aliphatic rings. The van der Waals surface area contributed by atoms with Gasteiger partial charge in [-0.1, -0.05) is 0 Å². The molecule has 0 fully saturated rings. The van der Waals surface area contributed by atoms with Gasteiger partial charge in [0.25, 0.3) is 0 Å². The van der Waals surface area contributed by atoms with Gasteiger partial charge in [-0.2, -0.15) is 0 Å². The van der Waals surface area contributed by atoms with Crippen molar-refractivity contribution in [2.45, 2.75) is 20.0 Å². The number of fused-ring (bicyclic) bond motifs is 1. The van der Waals surface area contributed by atoms with Crippen molar-refractivity contribution in [2.24, 2.45) is 0 Å². The maximum absolute atomic E-state index is 12.1. The molecule has 0 saturated heterocycles. The molecule has 0 radical (unpaired) electrons. The Hall–Kier alpha value is -2.05. The van der Waals surface area contributed by atoms with Crippen LogP contribution in [0.3, 0.4) is 0 Å². The molecule has 98 valence electrons. The first kappa shape index (κ1) is 12.4. The quantitative estimate of drug-likeness (QED) is 0.835. The van der Waals surface area contributed by atoms with E-state index in [2.05, 4.69) is 4.98 Å². The Bertz CT molecular complexity index is 457. The van der Waals surface area contributed by atoms with Gasteiger partial charge in [-0.3, -0.25) is 4.79 Å². The van der Waals surface area contributed by atoms with Crippen LogP contribution in [-0.4, -0.2) is 56.1 Å². The number of carboxylic acids is 1. The number of urea groups is 1. The SMILES string of the molecule is CCN(CC(=O)O)C(=O)N1CCn2ccnc2C1. The van der Waals surface area contributed by atoms with E-state index in [9.17, 15) is 9.59 Å². The van der Waals surface area contributed by atoms with Crippen molar-refractivity contribution in [3.63, 3.8) is 0 Å². The van der Waals surface area contributed by atoms with Crippen molar-refractivity contribution < 1.29 is 14.7 Å². The summed E-state index contributed by atoms with van der Waals surface area (Å²) in [5.74, 6) is -0.162. The third kappa shape index (κ3) is 2.44. The van der Waals surface area contributed by atoms with Crippen LogP contribution in [-0.2, 0) is 17.9 Å². The molecular weight excluding hydrogens is 236 g/mol. The van der Waals surface area contributed by atoms with Crippen molar-refractivity contribution in [3.8, 4) is 0 Å². The molecule has 1 aromatic rings. The zero-order chi connectivity index (χ0) is 13.1. The molecule has 0 saturated carbocycles. The molecule has 2 amide bonds. The van der Waals surface area contributed by atoms with Crippen LogP contribution in [0.5, 0.6) is 0 Å². The molecule has 0 unspecified atom stereocenters. The van der Waals surface area contributed by atoms with Crippen LogP contribution >= 0.6 is 0 Å². The minimum atomic E-state index is -0.997. The van der Waals surface area contributed by atoms with Gasteiger partial charge in [0, 0.05) is 32.0 Å². The average Bonchev–Trinajstić information content (AvgIpc) is 2.81. The molecule has 1 N–H and O–H groups in total. The first-order valence-corrected chi connectivity index (χ1v) is 5.87. The van der Waals surface area contributed by atoms with Gasteiger partial charge in [0.1, 0.15) is 12.4 Å². The Labute approximate surface area is 105 Å². The van der Waals surface area contributed by atoms with Gasteiger partial charge >= 0.3 is 12.0 Å². The van der Waals surface area contributed by atoms with Gasteiger partial charge in [-0.05, 0) is 6.92 Å². The largest absolute Gasteiger partial charge is 0.480 e. The van der Waals surface area contributed by atoms with Gasteiger partial charge in [-0.25, -0.2) is 9.78 Å². The van der Waals surface area contributed by atoms with E-state index >= 15 is 0 Å². The van der Waals surface area contributed by atoms with E-state index in [-0.39, 0.29) is 12.6 Å². The van der Waals surface area contributed by atoms with E-state index in [1.807, 2.05) is 10.8 Å². The van der Waals surface area contributed by atoms with Crippen molar-refractivity contribution in [3.05, 3.63) is 18.2 Å². The molecule has 1 aliphatic heterocycles. The van der Waals surface area contributed by atoms with E-state index in [0.29, 0.717) is 26.2 Å². The van der Waals surface area contributed by atoms with Crippen molar-refractivity contribution in [2.75, 3.05) is 19.6 Å². The van der Waals surface area contributed by atoms with Crippen LogP contribution in [0, 0.1) is 0 Å². The van der Waals surface area contributed by atoms with Crippen LogP contribution in [0.4, 0.5) is 4.79 Å². The highest BCUT2D eigenvalue weighted by molar-refractivity contribution is 5.80. The number of aliphatic carboxylic acids is 1. The minimum absolute atomic E-state index is 0.242. The Morgan fingerprint density at radius 3 is 2.94 bits per heavy atom. The Morgan fingerprint density at radius 1 is 1.50 bits per heavy atom. The molecule has 1 aromatic heterocycles. The number of rotatable bonds is 3. The number of carboxylic acid groups (broad SMARTS) is 1. The fourth-order valence-corrected chi connectivity index (χ4v) is 2.01. The van der Waals surface area contributed by atoms with Crippen molar-refractivity contribution in [1.29, 1.82) is 0 Å². The topological polar surface area (TPSA) is 78.7 Å². The van der Waals surface area contributed by atoms with E-state index in [4.69, 9.17) is 5.11 Å². The highest BCUT2D eigenvalue weighted by Crippen LogP contribution is 2.12. The summed E-state index contributed by atoms with van der Waals surface area (Å²) in [6, 6.07) is -0.242. The lowest BCUT2D eigenvalue weighted by atomic mass is 10.3.